The van der Waals surface area contributed by atoms with E-state index in [0.29, 0.717) is 11.8 Å². The second-order valence-corrected chi connectivity index (χ2v) is 16.7. The zero-order valence-electron chi connectivity index (χ0n) is 38.1. The van der Waals surface area contributed by atoms with Gasteiger partial charge in [0.25, 0.3) is 0 Å². The van der Waals surface area contributed by atoms with E-state index in [1.807, 2.05) is 0 Å². The summed E-state index contributed by atoms with van der Waals surface area (Å²) in [6.07, 6.45) is 11.7. The van der Waals surface area contributed by atoms with Gasteiger partial charge in [-0.25, -0.2) is 0 Å². The lowest BCUT2D eigenvalue weighted by atomic mass is 9.91. The Hall–Kier alpha value is -3.12. The Balaban J connectivity index is 0.000000356. The predicted octanol–water partition coefficient (Wildman–Crippen LogP) is 16.4. The summed E-state index contributed by atoms with van der Waals surface area (Å²) >= 11 is 0. The van der Waals surface area contributed by atoms with Crippen LogP contribution in [0.15, 0.2) is 48.5 Å². The SMILES string of the molecule is CCCCCCc1cc(C)c(C)cc1C.CCCCc1cc(C)c(C(C)C)cc1C.CCc1cc(C)c(C)cc1C.Cc1cc(C)c(C(C)C)cc1C. The van der Waals surface area contributed by atoms with Crippen molar-refractivity contribution in [1.29, 1.82) is 0 Å². The third kappa shape index (κ3) is 16.4. The van der Waals surface area contributed by atoms with Gasteiger partial charge in [-0.05, 0) is 209 Å². The van der Waals surface area contributed by atoms with Gasteiger partial charge >= 0.3 is 0 Å². The highest BCUT2D eigenvalue weighted by Gasteiger charge is 2.08. The smallest absolute Gasteiger partial charge is 0.0216 e. The van der Waals surface area contributed by atoms with E-state index in [4.69, 9.17) is 0 Å². The van der Waals surface area contributed by atoms with Gasteiger partial charge in [-0.15, -0.1) is 0 Å². The number of aryl methyl sites for hydroxylation is 14. The molecule has 0 aliphatic heterocycles. The van der Waals surface area contributed by atoms with Gasteiger partial charge in [0.1, 0.15) is 0 Å². The standard InChI is InChI=1S/2C15H24.C12H18.C11H16/c1-6-7-8-14-9-13(5)15(11(2)3)10-12(14)4;1-5-6-7-8-9-15-11-13(3)12(2)10-14(15)4;1-8(2)12-7-10(4)9(3)6-11(12)5;1-5-11-7-9(3)8(2)6-10(11)4/h9-11H,6-8H2,1-5H3;10-11H,5-9H2,1-4H3;6-8H,1-5H3;6-7H,5H2,1-4H3. The molecule has 0 atom stereocenters. The second kappa shape index (κ2) is 24.3. The van der Waals surface area contributed by atoms with Crippen molar-refractivity contribution in [3.8, 4) is 0 Å². The van der Waals surface area contributed by atoms with E-state index >= 15 is 0 Å². The minimum Gasteiger partial charge on any atom is -0.0654 e. The van der Waals surface area contributed by atoms with Crippen LogP contribution in [-0.4, -0.2) is 0 Å². The van der Waals surface area contributed by atoms with Crippen LogP contribution in [0.2, 0.25) is 0 Å². The highest BCUT2D eigenvalue weighted by Crippen LogP contribution is 2.25. The maximum Gasteiger partial charge on any atom is -0.0216 e. The molecule has 0 spiro atoms. The molecule has 0 saturated heterocycles. The highest BCUT2D eigenvalue weighted by molar-refractivity contribution is 5.40. The van der Waals surface area contributed by atoms with Crippen molar-refractivity contribution in [3.05, 3.63) is 138 Å². The quantitative estimate of drug-likeness (QED) is 0.135. The zero-order valence-corrected chi connectivity index (χ0v) is 38.1. The summed E-state index contributed by atoms with van der Waals surface area (Å²) in [5, 5.41) is 0. The van der Waals surface area contributed by atoms with Crippen LogP contribution in [0.5, 0.6) is 0 Å². The van der Waals surface area contributed by atoms with Crippen molar-refractivity contribution >= 4 is 0 Å². The molecule has 0 unspecified atom stereocenters. The molecule has 4 aromatic carbocycles. The Morgan fingerprint density at radius 1 is 0.321 bits per heavy atom. The zero-order chi connectivity index (χ0) is 40.4. The molecule has 0 N–H and O–H groups in total. The van der Waals surface area contributed by atoms with Crippen LogP contribution in [0.25, 0.3) is 0 Å². The summed E-state index contributed by atoms with van der Waals surface area (Å²) < 4.78 is 0. The monoisotopic (exact) mass is 719 g/mol. The molecule has 0 nitrogen and oxygen atoms in total. The molecule has 0 bridgehead atoms. The van der Waals surface area contributed by atoms with Gasteiger partial charge in [0.05, 0.1) is 0 Å². The number of unbranched alkanes of at least 4 members (excludes halogenated alkanes) is 4. The molecule has 0 saturated carbocycles. The fraction of sp³-hybridized carbons (Fsp3) is 0.547. The molecule has 0 aliphatic carbocycles. The molecule has 0 amide bonds. The summed E-state index contributed by atoms with van der Waals surface area (Å²) in [4.78, 5) is 0. The van der Waals surface area contributed by atoms with Gasteiger partial charge in [-0.3, -0.25) is 0 Å². The molecule has 0 fully saturated rings. The normalized spacial score (nSPS) is 10.7. The van der Waals surface area contributed by atoms with Gasteiger partial charge in [-0.1, -0.05) is 123 Å². The summed E-state index contributed by atoms with van der Waals surface area (Å²) in [5.74, 6) is 1.29. The molecule has 4 aromatic rings. The highest BCUT2D eigenvalue weighted by atomic mass is 14.1. The fourth-order valence-electron chi connectivity index (χ4n) is 7.19. The molecular formula is C53H82. The molecule has 0 heteroatoms. The molecule has 4 rings (SSSR count). The number of hydrogen-bond donors (Lipinski definition) is 0. The third-order valence-corrected chi connectivity index (χ3v) is 11.2. The van der Waals surface area contributed by atoms with E-state index in [1.54, 1.807) is 11.1 Å². The van der Waals surface area contributed by atoms with E-state index in [1.165, 1.54) is 129 Å². The van der Waals surface area contributed by atoms with Crippen LogP contribution in [-0.2, 0) is 19.3 Å². The molecule has 0 aromatic heterocycles. The van der Waals surface area contributed by atoms with Crippen molar-refractivity contribution in [3.63, 3.8) is 0 Å². The average molecular weight is 719 g/mol. The first-order valence-electron chi connectivity index (χ1n) is 21.2. The Kier molecular flexibility index (Phi) is 22.0. The summed E-state index contributed by atoms with van der Waals surface area (Å²) in [7, 11) is 0. The molecule has 53 heavy (non-hydrogen) atoms. The molecule has 0 radical (unpaired) electrons. The van der Waals surface area contributed by atoms with Crippen LogP contribution in [0.1, 0.15) is 188 Å². The number of rotatable bonds is 11. The van der Waals surface area contributed by atoms with E-state index < -0.39 is 0 Å². The van der Waals surface area contributed by atoms with Crippen LogP contribution in [0.4, 0.5) is 0 Å². The van der Waals surface area contributed by atoms with Crippen molar-refractivity contribution in [2.75, 3.05) is 0 Å². The largest absolute Gasteiger partial charge is 0.0654 e. The lowest BCUT2D eigenvalue weighted by Crippen LogP contribution is -1.98. The van der Waals surface area contributed by atoms with E-state index in [9.17, 15) is 0 Å². The minimum atomic E-state index is 0.643. The van der Waals surface area contributed by atoms with Gasteiger partial charge in [0.2, 0.25) is 0 Å². The fourth-order valence-corrected chi connectivity index (χ4v) is 7.19. The van der Waals surface area contributed by atoms with Crippen LogP contribution >= 0.6 is 0 Å². The van der Waals surface area contributed by atoms with Gasteiger partial charge in [0.15, 0.2) is 0 Å². The summed E-state index contributed by atoms with van der Waals surface area (Å²) in [6, 6.07) is 18.6. The summed E-state index contributed by atoms with van der Waals surface area (Å²) in [5.41, 5.74) is 23.3. The van der Waals surface area contributed by atoms with Gasteiger partial charge < -0.3 is 0 Å². The molecule has 0 heterocycles. The maximum atomic E-state index is 2.39. The van der Waals surface area contributed by atoms with Crippen LogP contribution in [0.3, 0.4) is 0 Å². The van der Waals surface area contributed by atoms with Gasteiger partial charge in [0, 0.05) is 0 Å². The molecular weight excluding hydrogens is 637 g/mol. The Morgan fingerprint density at radius 2 is 0.642 bits per heavy atom. The minimum absolute atomic E-state index is 0.643. The average Bonchev–Trinajstić information content (AvgIpc) is 3.09. The maximum absolute atomic E-state index is 2.39. The molecule has 0 aliphatic rings. The Labute approximate surface area is 330 Å². The topological polar surface area (TPSA) is 0 Å². The Morgan fingerprint density at radius 3 is 1.09 bits per heavy atom. The van der Waals surface area contributed by atoms with E-state index in [-0.39, 0.29) is 0 Å². The predicted molar refractivity (Wildman–Crippen MR) is 242 cm³/mol. The first-order valence-corrected chi connectivity index (χ1v) is 21.2. The second-order valence-electron chi connectivity index (χ2n) is 16.7. The summed E-state index contributed by atoms with van der Waals surface area (Å²) in [6.45, 7) is 40.0. The van der Waals surface area contributed by atoms with E-state index in [2.05, 4.69) is 173 Å². The van der Waals surface area contributed by atoms with Crippen LogP contribution in [0, 0.1) is 76.2 Å². The third-order valence-electron chi connectivity index (χ3n) is 11.2. The van der Waals surface area contributed by atoms with Crippen LogP contribution < -0.4 is 0 Å². The lowest BCUT2D eigenvalue weighted by molar-refractivity contribution is 0.665. The first-order chi connectivity index (χ1) is 24.9. The number of hydrogen-bond acceptors (Lipinski definition) is 0. The lowest BCUT2D eigenvalue weighted by Gasteiger charge is -2.14. The molecule has 294 valence electrons. The number of benzene rings is 4. The Bertz CT molecular complexity index is 1680. The van der Waals surface area contributed by atoms with Crippen molar-refractivity contribution < 1.29 is 0 Å². The first kappa shape index (κ1) is 47.9. The van der Waals surface area contributed by atoms with Crippen molar-refractivity contribution in [2.45, 2.75) is 194 Å². The van der Waals surface area contributed by atoms with Crippen molar-refractivity contribution in [1.82, 2.24) is 0 Å². The van der Waals surface area contributed by atoms with Gasteiger partial charge in [-0.2, -0.15) is 0 Å². The van der Waals surface area contributed by atoms with Crippen molar-refractivity contribution in [2.24, 2.45) is 0 Å². The van der Waals surface area contributed by atoms with E-state index in [0.717, 1.165) is 6.42 Å².